The van der Waals surface area contributed by atoms with Crippen LogP contribution < -0.4 is 5.32 Å². The summed E-state index contributed by atoms with van der Waals surface area (Å²) in [4.78, 5) is 13.3. The van der Waals surface area contributed by atoms with Gasteiger partial charge in [0.05, 0.1) is 5.69 Å². The van der Waals surface area contributed by atoms with E-state index in [1.165, 1.54) is 5.39 Å². The number of allylic oxidation sites excluding steroid dienone is 2. The van der Waals surface area contributed by atoms with E-state index < -0.39 is 0 Å². The number of fused-ring (bicyclic) bond motifs is 3. The monoisotopic (exact) mass is 421 g/mol. The Bertz CT molecular complexity index is 1210. The summed E-state index contributed by atoms with van der Waals surface area (Å²) < 4.78 is 0. The summed E-state index contributed by atoms with van der Waals surface area (Å²) in [6.45, 7) is 4.30. The molecule has 2 aliphatic rings. The topological polar surface area (TPSA) is 29.1 Å². The predicted octanol–water partition coefficient (Wildman–Crippen LogP) is 7.35. The van der Waals surface area contributed by atoms with Gasteiger partial charge in [-0.15, -0.1) is 0 Å². The molecule has 3 aromatic carbocycles. The van der Waals surface area contributed by atoms with Gasteiger partial charge in [-0.05, 0) is 40.5 Å². The molecular formula is C25H21Cl2NO. The lowest BCUT2D eigenvalue weighted by Crippen LogP contribution is -2.34. The number of anilines is 1. The Morgan fingerprint density at radius 2 is 1.72 bits per heavy atom. The van der Waals surface area contributed by atoms with Crippen molar-refractivity contribution >= 4 is 45.4 Å². The summed E-state index contributed by atoms with van der Waals surface area (Å²) in [7, 11) is 0. The second kappa shape index (κ2) is 6.62. The Hall–Kier alpha value is -2.29. The molecule has 0 bridgehead atoms. The van der Waals surface area contributed by atoms with E-state index in [4.69, 9.17) is 23.2 Å². The Balaban J connectivity index is 1.81. The summed E-state index contributed by atoms with van der Waals surface area (Å²) in [6, 6.07) is 18.1. The normalized spacial score (nSPS) is 20.3. The molecule has 2 nitrogen and oxygen atoms in total. The second-order valence-corrected chi connectivity index (χ2v) is 9.65. The minimum absolute atomic E-state index is 0.0701. The van der Waals surface area contributed by atoms with E-state index >= 15 is 0 Å². The van der Waals surface area contributed by atoms with Crippen molar-refractivity contribution in [2.45, 2.75) is 32.6 Å². The highest BCUT2D eigenvalue weighted by Gasteiger charge is 2.41. The third-order valence-corrected chi connectivity index (χ3v) is 6.59. The predicted molar refractivity (Wildman–Crippen MR) is 121 cm³/mol. The van der Waals surface area contributed by atoms with E-state index in [2.05, 4.69) is 49.5 Å². The van der Waals surface area contributed by atoms with Gasteiger partial charge in [0.15, 0.2) is 5.78 Å². The molecule has 29 heavy (non-hydrogen) atoms. The standard InChI is InChI=1S/C25H21Cl2NO/c1-25(2)12-20-23(21(29)13-25)22(17-10-8-15(26)11-19(17)27)18-9-7-14-5-3-4-6-16(14)24(18)28-20/h3-11,22,28H,12-13H2,1-2H3. The molecule has 1 aliphatic heterocycles. The van der Waals surface area contributed by atoms with Crippen LogP contribution in [0.2, 0.25) is 10.0 Å². The molecule has 0 saturated carbocycles. The number of nitrogens with one attached hydrogen (secondary N) is 1. The molecule has 0 saturated heterocycles. The summed E-state index contributed by atoms with van der Waals surface area (Å²) >= 11 is 12.8. The fourth-order valence-corrected chi connectivity index (χ4v) is 5.33. The van der Waals surface area contributed by atoms with Gasteiger partial charge in [0.1, 0.15) is 0 Å². The van der Waals surface area contributed by atoms with E-state index in [-0.39, 0.29) is 17.1 Å². The van der Waals surface area contributed by atoms with Crippen LogP contribution in [-0.4, -0.2) is 5.78 Å². The van der Waals surface area contributed by atoms with E-state index in [0.717, 1.165) is 39.9 Å². The van der Waals surface area contributed by atoms with Crippen LogP contribution in [0.4, 0.5) is 5.69 Å². The molecule has 5 rings (SSSR count). The Morgan fingerprint density at radius 3 is 2.52 bits per heavy atom. The lowest BCUT2D eigenvalue weighted by molar-refractivity contribution is -0.118. The van der Waals surface area contributed by atoms with E-state index in [9.17, 15) is 4.79 Å². The summed E-state index contributed by atoms with van der Waals surface area (Å²) in [5.74, 6) is -0.00204. The molecule has 1 N–H and O–H groups in total. The molecule has 1 unspecified atom stereocenters. The molecule has 0 spiro atoms. The first-order valence-corrected chi connectivity index (χ1v) is 10.6. The van der Waals surface area contributed by atoms with Crippen LogP contribution >= 0.6 is 23.2 Å². The van der Waals surface area contributed by atoms with Gasteiger partial charge in [0.25, 0.3) is 0 Å². The van der Waals surface area contributed by atoms with Gasteiger partial charge in [-0.3, -0.25) is 4.79 Å². The van der Waals surface area contributed by atoms with Crippen LogP contribution in [0.15, 0.2) is 65.9 Å². The van der Waals surface area contributed by atoms with Crippen molar-refractivity contribution in [3.05, 3.63) is 87.0 Å². The number of rotatable bonds is 1. The van der Waals surface area contributed by atoms with E-state index in [0.29, 0.717) is 16.5 Å². The van der Waals surface area contributed by atoms with Crippen molar-refractivity contribution in [1.82, 2.24) is 0 Å². The van der Waals surface area contributed by atoms with Crippen molar-refractivity contribution in [1.29, 1.82) is 0 Å². The first-order chi connectivity index (χ1) is 13.8. The first-order valence-electron chi connectivity index (χ1n) is 9.84. The number of ketones is 1. The Morgan fingerprint density at radius 1 is 0.966 bits per heavy atom. The Labute approximate surface area is 180 Å². The summed E-state index contributed by atoms with van der Waals surface area (Å²) in [5.41, 5.74) is 4.87. The van der Waals surface area contributed by atoms with Crippen LogP contribution in [0, 0.1) is 5.41 Å². The molecule has 1 heterocycles. The summed E-state index contributed by atoms with van der Waals surface area (Å²) in [6.07, 6.45) is 1.37. The first kappa shape index (κ1) is 18.7. The van der Waals surface area contributed by atoms with Gasteiger partial charge < -0.3 is 5.32 Å². The number of halogens is 2. The number of Topliss-reactive ketones (excluding diaryl/α,β-unsaturated/α-hetero) is 1. The van der Waals surface area contributed by atoms with E-state index in [1.807, 2.05) is 18.2 Å². The zero-order valence-electron chi connectivity index (χ0n) is 16.4. The van der Waals surface area contributed by atoms with Gasteiger partial charge >= 0.3 is 0 Å². The zero-order valence-corrected chi connectivity index (χ0v) is 17.9. The molecule has 1 aliphatic carbocycles. The van der Waals surface area contributed by atoms with Crippen molar-refractivity contribution in [2.75, 3.05) is 5.32 Å². The number of benzene rings is 3. The minimum atomic E-state index is -0.195. The fourth-order valence-electron chi connectivity index (χ4n) is 4.81. The molecule has 4 heteroatoms. The van der Waals surface area contributed by atoms with E-state index in [1.54, 1.807) is 6.07 Å². The molecule has 3 aromatic rings. The number of carbonyl (C=O) groups is 1. The third-order valence-electron chi connectivity index (χ3n) is 6.03. The maximum atomic E-state index is 13.3. The largest absolute Gasteiger partial charge is 0.358 e. The van der Waals surface area contributed by atoms with Crippen LogP contribution in [-0.2, 0) is 4.79 Å². The van der Waals surface area contributed by atoms with Crippen LogP contribution in [0.1, 0.15) is 43.7 Å². The molecular weight excluding hydrogens is 401 g/mol. The van der Waals surface area contributed by atoms with Crippen LogP contribution in [0.25, 0.3) is 10.8 Å². The summed E-state index contributed by atoms with van der Waals surface area (Å²) in [5, 5.41) is 7.16. The van der Waals surface area contributed by atoms with Gasteiger partial charge in [-0.1, -0.05) is 79.5 Å². The smallest absolute Gasteiger partial charge is 0.162 e. The average molecular weight is 422 g/mol. The van der Waals surface area contributed by atoms with Gasteiger partial charge in [-0.2, -0.15) is 0 Å². The number of hydrogen-bond acceptors (Lipinski definition) is 2. The lowest BCUT2D eigenvalue weighted by Gasteiger charge is -2.40. The molecule has 0 aromatic heterocycles. The van der Waals surface area contributed by atoms with Crippen molar-refractivity contribution in [3.8, 4) is 0 Å². The van der Waals surface area contributed by atoms with Crippen molar-refractivity contribution in [3.63, 3.8) is 0 Å². The average Bonchev–Trinajstić information content (AvgIpc) is 2.66. The molecule has 0 radical (unpaired) electrons. The van der Waals surface area contributed by atoms with Crippen molar-refractivity contribution in [2.24, 2.45) is 5.41 Å². The maximum Gasteiger partial charge on any atom is 0.162 e. The third kappa shape index (κ3) is 3.06. The van der Waals surface area contributed by atoms with Gasteiger partial charge in [0.2, 0.25) is 0 Å². The van der Waals surface area contributed by atoms with Crippen LogP contribution in [0.3, 0.4) is 0 Å². The minimum Gasteiger partial charge on any atom is -0.358 e. The van der Waals surface area contributed by atoms with Gasteiger partial charge in [0, 0.05) is 39.0 Å². The zero-order chi connectivity index (χ0) is 20.3. The number of carbonyl (C=O) groups excluding carboxylic acids is 1. The quantitative estimate of drug-likeness (QED) is 0.444. The number of hydrogen-bond donors (Lipinski definition) is 1. The highest BCUT2D eigenvalue weighted by molar-refractivity contribution is 6.35. The van der Waals surface area contributed by atoms with Crippen molar-refractivity contribution < 1.29 is 4.79 Å². The highest BCUT2D eigenvalue weighted by atomic mass is 35.5. The molecule has 1 atom stereocenters. The SMILES string of the molecule is CC1(C)CC(=O)C2=C(C1)Nc1c(ccc3ccccc13)C2c1ccc(Cl)cc1Cl. The lowest BCUT2D eigenvalue weighted by atomic mass is 9.68. The van der Waals surface area contributed by atoms with Crippen LogP contribution in [0.5, 0.6) is 0 Å². The molecule has 0 amide bonds. The highest BCUT2D eigenvalue weighted by Crippen LogP contribution is 2.51. The molecule has 0 fully saturated rings. The fraction of sp³-hybridized carbons (Fsp3) is 0.240. The van der Waals surface area contributed by atoms with Gasteiger partial charge in [-0.25, -0.2) is 0 Å². The second-order valence-electron chi connectivity index (χ2n) is 8.81. The molecule has 146 valence electrons. The maximum absolute atomic E-state index is 13.3. The Kier molecular flexibility index (Phi) is 4.27.